The fraction of sp³-hybridized carbons (Fsp3) is 0.867. The molecule has 0 unspecified atom stereocenters. The molecule has 0 aliphatic heterocycles. The van der Waals surface area contributed by atoms with Crippen LogP contribution in [0.25, 0.3) is 0 Å². The normalized spacial score (nSPS) is 13.3. The Hall–Kier alpha value is -0.123. The van der Waals surface area contributed by atoms with E-state index in [9.17, 15) is 0 Å². The zero-order valence-electron chi connectivity index (χ0n) is 13.6. The Kier molecular flexibility index (Phi) is 9.69. The van der Waals surface area contributed by atoms with Crippen molar-refractivity contribution >= 4 is 10.2 Å². The topological polar surface area (TPSA) is 6.48 Å². The summed E-state index contributed by atoms with van der Waals surface area (Å²) in [5.41, 5.74) is 2.30. The molecule has 0 saturated carbocycles. The van der Waals surface area contributed by atoms with Gasteiger partial charge in [-0.15, -0.1) is 5.70 Å². The van der Waals surface area contributed by atoms with Gasteiger partial charge in [0.1, 0.15) is 0 Å². The van der Waals surface area contributed by atoms with Gasteiger partial charge in [-0.25, -0.2) is 0 Å². The van der Waals surface area contributed by atoms with Gasteiger partial charge in [0.15, 0.2) is 0 Å². The van der Waals surface area contributed by atoms with Crippen LogP contribution in [-0.4, -0.2) is 51.4 Å². The van der Waals surface area contributed by atoms with E-state index in [2.05, 4.69) is 63.1 Å². The van der Waals surface area contributed by atoms with Gasteiger partial charge in [-0.1, -0.05) is 19.9 Å². The van der Waals surface area contributed by atoms with E-state index in [1.165, 1.54) is 23.1 Å². The summed E-state index contributed by atoms with van der Waals surface area (Å²) in [4.78, 5) is 5.26. The molecule has 2 nitrogen and oxygen atoms in total. The van der Waals surface area contributed by atoms with Crippen LogP contribution >= 0.6 is 0 Å². The summed E-state index contributed by atoms with van der Waals surface area (Å²) in [5, 5.41) is 0. The van der Waals surface area contributed by atoms with Crippen molar-refractivity contribution < 1.29 is 0 Å². The standard InChI is InChI=1S/C15H34N2Si/c1-7-16(13(3)4)15(11-9-10-12-18)17(8-2)14(5)6/h10,12-15H,7-9,11H2,1-6,18H3. The third-order valence-corrected chi connectivity index (χ3v) is 4.12. The molecule has 0 aromatic rings. The molecule has 3 heteroatoms. The quantitative estimate of drug-likeness (QED) is 0.469. The van der Waals surface area contributed by atoms with Gasteiger partial charge in [0.05, 0.1) is 6.17 Å². The summed E-state index contributed by atoms with van der Waals surface area (Å²) in [7, 11) is 1.18. The second-order valence-electron chi connectivity index (χ2n) is 5.48. The Labute approximate surface area is 118 Å². The lowest BCUT2D eigenvalue weighted by atomic mass is 10.1. The molecule has 0 amide bonds. The summed E-state index contributed by atoms with van der Waals surface area (Å²) in [5.74, 6) is 0. The second-order valence-corrected chi connectivity index (χ2v) is 6.14. The molecule has 0 aromatic carbocycles. The molecule has 18 heavy (non-hydrogen) atoms. The molecule has 0 atom stereocenters. The van der Waals surface area contributed by atoms with Crippen molar-refractivity contribution in [2.24, 2.45) is 0 Å². The van der Waals surface area contributed by atoms with Crippen LogP contribution in [0, 0.1) is 0 Å². The average Bonchev–Trinajstić information content (AvgIpc) is 2.29. The largest absolute Gasteiger partial charge is 0.286 e. The average molecular weight is 271 g/mol. The molecule has 0 bridgehead atoms. The number of allylic oxidation sites excluding steroid dienone is 1. The van der Waals surface area contributed by atoms with Crippen LogP contribution in [0.15, 0.2) is 11.8 Å². The fourth-order valence-corrected chi connectivity index (χ4v) is 3.11. The third kappa shape index (κ3) is 5.68. The molecule has 0 radical (unpaired) electrons. The van der Waals surface area contributed by atoms with Crippen molar-refractivity contribution in [2.45, 2.75) is 72.6 Å². The van der Waals surface area contributed by atoms with Crippen molar-refractivity contribution in [1.29, 1.82) is 0 Å². The van der Waals surface area contributed by atoms with Crippen molar-refractivity contribution in [1.82, 2.24) is 9.80 Å². The lowest BCUT2D eigenvalue weighted by Gasteiger charge is -2.43. The Morgan fingerprint density at radius 3 is 1.67 bits per heavy atom. The first-order chi connectivity index (χ1) is 8.49. The van der Waals surface area contributed by atoms with Gasteiger partial charge in [0, 0.05) is 22.3 Å². The van der Waals surface area contributed by atoms with Crippen LogP contribution in [-0.2, 0) is 0 Å². The van der Waals surface area contributed by atoms with E-state index < -0.39 is 0 Å². The summed E-state index contributed by atoms with van der Waals surface area (Å²) in [6, 6.07) is 1.24. The summed E-state index contributed by atoms with van der Waals surface area (Å²) in [6.07, 6.45) is 5.39. The number of rotatable bonds is 9. The zero-order chi connectivity index (χ0) is 14.1. The monoisotopic (exact) mass is 270 g/mol. The van der Waals surface area contributed by atoms with Gasteiger partial charge >= 0.3 is 0 Å². The van der Waals surface area contributed by atoms with E-state index in [-0.39, 0.29) is 0 Å². The van der Waals surface area contributed by atoms with Crippen LogP contribution in [0.5, 0.6) is 0 Å². The van der Waals surface area contributed by atoms with Crippen LogP contribution in [0.3, 0.4) is 0 Å². The van der Waals surface area contributed by atoms with Gasteiger partial charge in [-0.3, -0.25) is 9.80 Å². The highest BCUT2D eigenvalue weighted by molar-refractivity contribution is 6.16. The zero-order valence-corrected chi connectivity index (χ0v) is 15.6. The minimum absolute atomic E-state index is 0.581. The summed E-state index contributed by atoms with van der Waals surface area (Å²) in [6.45, 7) is 16.1. The molecule has 0 spiro atoms. The van der Waals surface area contributed by atoms with Crippen molar-refractivity contribution in [3.63, 3.8) is 0 Å². The Bertz CT molecular complexity index is 211. The van der Waals surface area contributed by atoms with Crippen molar-refractivity contribution in [2.75, 3.05) is 13.1 Å². The van der Waals surface area contributed by atoms with Crippen molar-refractivity contribution in [3.8, 4) is 0 Å². The van der Waals surface area contributed by atoms with Gasteiger partial charge in [-0.05, 0) is 53.6 Å². The van der Waals surface area contributed by atoms with Gasteiger partial charge in [0.2, 0.25) is 0 Å². The maximum Gasteiger partial charge on any atom is 0.0629 e. The molecule has 0 aliphatic rings. The van der Waals surface area contributed by atoms with Crippen LogP contribution < -0.4 is 0 Å². The molecule has 0 aromatic heterocycles. The first-order valence-corrected chi connectivity index (χ1v) is 8.77. The van der Waals surface area contributed by atoms with E-state index >= 15 is 0 Å². The SMILES string of the molecule is CCN(C(C)C)C(CCC=C[SiH3])N(CC)C(C)C. The van der Waals surface area contributed by atoms with E-state index in [1.807, 2.05) is 0 Å². The highest BCUT2D eigenvalue weighted by atomic mass is 28.1. The van der Waals surface area contributed by atoms with Crippen LogP contribution in [0.4, 0.5) is 0 Å². The minimum Gasteiger partial charge on any atom is -0.286 e. The van der Waals surface area contributed by atoms with E-state index in [0.717, 1.165) is 13.1 Å². The molecule has 0 aliphatic carbocycles. The second kappa shape index (κ2) is 9.76. The maximum absolute atomic E-state index is 2.63. The van der Waals surface area contributed by atoms with Gasteiger partial charge in [-0.2, -0.15) is 0 Å². The predicted molar refractivity (Wildman–Crippen MR) is 87.1 cm³/mol. The van der Waals surface area contributed by atoms with E-state index in [4.69, 9.17) is 0 Å². The molecule has 0 saturated heterocycles. The Morgan fingerprint density at radius 1 is 0.944 bits per heavy atom. The fourth-order valence-electron chi connectivity index (χ4n) is 2.77. The molecule has 0 fully saturated rings. The first kappa shape index (κ1) is 17.9. The van der Waals surface area contributed by atoms with Crippen LogP contribution in [0.1, 0.15) is 54.4 Å². The highest BCUT2D eigenvalue weighted by Gasteiger charge is 2.26. The third-order valence-electron chi connectivity index (χ3n) is 3.65. The smallest absolute Gasteiger partial charge is 0.0629 e. The maximum atomic E-state index is 2.63. The molecule has 108 valence electrons. The van der Waals surface area contributed by atoms with Crippen molar-refractivity contribution in [3.05, 3.63) is 11.8 Å². The molecule has 0 rings (SSSR count). The number of hydrogen-bond donors (Lipinski definition) is 0. The molecular formula is C15H34N2Si. The predicted octanol–water partition coefficient (Wildman–Crippen LogP) is 2.43. The molecule has 0 N–H and O–H groups in total. The summed E-state index contributed by atoms with van der Waals surface area (Å²) < 4.78 is 0. The molecular weight excluding hydrogens is 236 g/mol. The lowest BCUT2D eigenvalue weighted by molar-refractivity contribution is 0.00373. The Balaban J connectivity index is 4.87. The number of nitrogens with zero attached hydrogens (tertiary/aromatic N) is 2. The lowest BCUT2D eigenvalue weighted by Crippen LogP contribution is -2.53. The van der Waals surface area contributed by atoms with Crippen LogP contribution in [0.2, 0.25) is 0 Å². The van der Waals surface area contributed by atoms with E-state index in [1.54, 1.807) is 0 Å². The summed E-state index contributed by atoms with van der Waals surface area (Å²) >= 11 is 0. The van der Waals surface area contributed by atoms with Gasteiger partial charge in [0.25, 0.3) is 0 Å². The first-order valence-electron chi connectivity index (χ1n) is 7.62. The molecule has 0 heterocycles. The Morgan fingerprint density at radius 2 is 1.39 bits per heavy atom. The van der Waals surface area contributed by atoms with E-state index in [0.29, 0.717) is 18.2 Å². The number of hydrogen-bond acceptors (Lipinski definition) is 2. The highest BCUT2D eigenvalue weighted by Crippen LogP contribution is 2.18. The minimum atomic E-state index is 0.581. The van der Waals surface area contributed by atoms with Gasteiger partial charge < -0.3 is 0 Å².